The van der Waals surface area contributed by atoms with Crippen molar-refractivity contribution in [2.45, 2.75) is 83.8 Å². The second-order valence-electron chi connectivity index (χ2n) is 9.75. The maximum Gasteiger partial charge on any atom is 0.270 e. The number of pyridine rings is 1. The molecule has 0 bridgehead atoms. The van der Waals surface area contributed by atoms with E-state index in [1.54, 1.807) is 12.1 Å². The monoisotopic (exact) mass is 460 g/mol. The van der Waals surface area contributed by atoms with E-state index in [9.17, 15) is 4.79 Å². The number of aromatic nitrogens is 3. The summed E-state index contributed by atoms with van der Waals surface area (Å²) in [6, 6.07) is 13.2. The van der Waals surface area contributed by atoms with Crippen LogP contribution in [0.3, 0.4) is 0 Å². The number of aromatic amines is 1. The van der Waals surface area contributed by atoms with E-state index in [-0.39, 0.29) is 11.4 Å². The minimum absolute atomic E-state index is 0.0922. The van der Waals surface area contributed by atoms with Crippen LogP contribution in [-0.4, -0.2) is 43.8 Å². The van der Waals surface area contributed by atoms with E-state index in [2.05, 4.69) is 46.7 Å². The lowest BCUT2D eigenvalue weighted by atomic mass is 9.93. The number of rotatable bonds is 8. The smallest absolute Gasteiger partial charge is 0.270 e. The largest absolute Gasteiger partial charge is 0.382 e. The third kappa shape index (κ3) is 5.36. The van der Waals surface area contributed by atoms with E-state index in [0.717, 1.165) is 35.9 Å². The first-order valence-electron chi connectivity index (χ1n) is 12.4. The summed E-state index contributed by atoms with van der Waals surface area (Å²) in [5.41, 5.74) is 9.59. The molecule has 3 atom stereocenters. The number of nitrogens with one attached hydrogen (secondary N) is 2. The predicted octanol–water partition coefficient (Wildman–Crippen LogP) is 4.17. The molecule has 1 aliphatic heterocycles. The van der Waals surface area contributed by atoms with Crippen LogP contribution in [0.5, 0.6) is 0 Å². The van der Waals surface area contributed by atoms with Crippen molar-refractivity contribution in [3.8, 4) is 0 Å². The number of fused-ring (bicyclic) bond motifs is 1. The fourth-order valence-corrected chi connectivity index (χ4v) is 5.48. The molecule has 180 valence electrons. The van der Waals surface area contributed by atoms with Crippen molar-refractivity contribution in [3.05, 3.63) is 69.4 Å². The number of hydrogen-bond acceptors (Lipinski definition) is 5. The first-order valence-corrected chi connectivity index (χ1v) is 12.4. The Bertz CT molecular complexity index is 1210. The fraction of sp³-hybridized carbons (Fsp3) is 0.481. The fourth-order valence-electron chi connectivity index (χ4n) is 5.48. The van der Waals surface area contributed by atoms with Gasteiger partial charge in [0.1, 0.15) is 17.2 Å². The quantitative estimate of drug-likeness (QED) is 0.345. The van der Waals surface area contributed by atoms with Gasteiger partial charge < -0.3 is 10.7 Å². The molecule has 3 aromatic rings. The zero-order valence-electron chi connectivity index (χ0n) is 20.5. The van der Waals surface area contributed by atoms with Crippen LogP contribution < -0.4 is 11.3 Å². The number of nitrogen functional groups attached to an aromatic ring is 1. The SMILES string of the molecule is CC(CCCc1cccc2nc(Cc3cccc(C(=N)N)n3)c(=O)[nH]c12)N1C(C)CCCC1C. The number of hydrogen-bond donors (Lipinski definition) is 3. The van der Waals surface area contributed by atoms with Gasteiger partial charge in [-0.1, -0.05) is 24.6 Å². The summed E-state index contributed by atoms with van der Waals surface area (Å²) in [4.78, 5) is 27.6. The number of nitrogens with zero attached hydrogens (tertiary/aromatic N) is 3. The lowest BCUT2D eigenvalue weighted by molar-refractivity contribution is 0.0580. The maximum atomic E-state index is 12.8. The van der Waals surface area contributed by atoms with Crippen molar-refractivity contribution in [3.63, 3.8) is 0 Å². The third-order valence-electron chi connectivity index (χ3n) is 7.15. The molecule has 0 radical (unpaired) electrons. The van der Waals surface area contributed by atoms with Crippen LogP contribution in [-0.2, 0) is 12.8 Å². The standard InChI is InChI=1S/C27H36N6O/c1-17-8-4-9-18(2)33(17)19(3)10-5-11-20-12-6-14-22-25(20)32-27(34)24(31-22)16-21-13-7-15-23(30-21)26(28)29/h6-7,12-15,17-19H,4-5,8-11,16H2,1-3H3,(H3,28,29)(H,32,34). The second-order valence-corrected chi connectivity index (χ2v) is 9.75. The molecule has 0 saturated carbocycles. The van der Waals surface area contributed by atoms with Gasteiger partial charge in [-0.05, 0) is 76.6 Å². The maximum absolute atomic E-state index is 12.8. The van der Waals surface area contributed by atoms with Gasteiger partial charge in [-0.2, -0.15) is 0 Å². The van der Waals surface area contributed by atoms with E-state index >= 15 is 0 Å². The Morgan fingerprint density at radius 2 is 1.91 bits per heavy atom. The van der Waals surface area contributed by atoms with Gasteiger partial charge in [0.25, 0.3) is 5.56 Å². The number of H-pyrrole nitrogens is 1. The van der Waals surface area contributed by atoms with Gasteiger partial charge in [0.2, 0.25) is 0 Å². The third-order valence-corrected chi connectivity index (χ3v) is 7.15. The highest BCUT2D eigenvalue weighted by Gasteiger charge is 2.28. The van der Waals surface area contributed by atoms with E-state index in [1.165, 1.54) is 19.3 Å². The lowest BCUT2D eigenvalue weighted by Crippen LogP contribution is -2.48. The van der Waals surface area contributed by atoms with Gasteiger partial charge in [-0.15, -0.1) is 0 Å². The summed E-state index contributed by atoms with van der Waals surface area (Å²) in [5, 5.41) is 7.57. The topological polar surface area (TPSA) is 112 Å². The van der Waals surface area contributed by atoms with Gasteiger partial charge in [0.15, 0.2) is 0 Å². The van der Waals surface area contributed by atoms with Crippen LogP contribution in [0.4, 0.5) is 0 Å². The molecule has 34 heavy (non-hydrogen) atoms. The molecule has 1 aliphatic rings. The van der Waals surface area contributed by atoms with Crippen LogP contribution in [0.1, 0.15) is 75.5 Å². The van der Waals surface area contributed by atoms with E-state index in [1.807, 2.05) is 18.2 Å². The molecule has 0 spiro atoms. The molecule has 4 N–H and O–H groups in total. The van der Waals surface area contributed by atoms with E-state index in [0.29, 0.717) is 41.6 Å². The Balaban J connectivity index is 1.47. The Kier molecular flexibility index (Phi) is 7.41. The summed E-state index contributed by atoms with van der Waals surface area (Å²) >= 11 is 0. The molecule has 1 fully saturated rings. The number of benzene rings is 1. The number of aryl methyl sites for hydroxylation is 1. The molecule has 7 nitrogen and oxygen atoms in total. The minimum Gasteiger partial charge on any atom is -0.382 e. The highest BCUT2D eigenvalue weighted by atomic mass is 16.1. The van der Waals surface area contributed by atoms with Crippen molar-refractivity contribution in [2.24, 2.45) is 5.73 Å². The zero-order chi connectivity index (χ0) is 24.2. The molecule has 4 rings (SSSR count). The number of amidine groups is 1. The van der Waals surface area contributed by atoms with Crippen LogP contribution in [0.25, 0.3) is 11.0 Å². The number of piperidine rings is 1. The van der Waals surface area contributed by atoms with Gasteiger partial charge >= 0.3 is 0 Å². The molecule has 1 saturated heterocycles. The average molecular weight is 461 g/mol. The number of nitrogens with two attached hydrogens (primary N) is 1. The average Bonchev–Trinajstić information content (AvgIpc) is 2.80. The van der Waals surface area contributed by atoms with Crippen LogP contribution in [0, 0.1) is 5.41 Å². The Labute approximate surface area is 201 Å². The Morgan fingerprint density at radius 1 is 1.18 bits per heavy atom. The van der Waals surface area contributed by atoms with Crippen LogP contribution in [0.15, 0.2) is 41.2 Å². The molecule has 0 amide bonds. The molecule has 7 heteroatoms. The Hall–Kier alpha value is -3.06. The normalized spacial score (nSPS) is 19.9. The summed E-state index contributed by atoms with van der Waals surface area (Å²) in [6.07, 6.45) is 7.34. The van der Waals surface area contributed by atoms with Crippen LogP contribution >= 0.6 is 0 Å². The molecule has 0 aliphatic carbocycles. The lowest BCUT2D eigenvalue weighted by Gasteiger charge is -2.43. The predicted molar refractivity (Wildman–Crippen MR) is 137 cm³/mol. The van der Waals surface area contributed by atoms with Crippen molar-refractivity contribution in [1.82, 2.24) is 19.9 Å². The second kappa shape index (κ2) is 10.5. The Morgan fingerprint density at radius 3 is 2.65 bits per heavy atom. The summed E-state index contributed by atoms with van der Waals surface area (Å²) in [5.74, 6) is -0.0922. The summed E-state index contributed by atoms with van der Waals surface area (Å²) in [7, 11) is 0. The molecular weight excluding hydrogens is 424 g/mol. The molecule has 2 aromatic heterocycles. The number of para-hydroxylation sites is 1. The minimum atomic E-state index is -0.195. The molecular formula is C27H36N6O. The van der Waals surface area contributed by atoms with Gasteiger partial charge in [0.05, 0.1) is 11.0 Å². The summed E-state index contributed by atoms with van der Waals surface area (Å²) in [6.45, 7) is 7.07. The van der Waals surface area contributed by atoms with Gasteiger partial charge in [-0.3, -0.25) is 15.1 Å². The van der Waals surface area contributed by atoms with Gasteiger partial charge in [0, 0.05) is 30.2 Å². The van der Waals surface area contributed by atoms with Crippen LogP contribution in [0.2, 0.25) is 0 Å². The molecule has 3 unspecified atom stereocenters. The van der Waals surface area contributed by atoms with Crippen molar-refractivity contribution in [2.75, 3.05) is 0 Å². The van der Waals surface area contributed by atoms with Gasteiger partial charge in [-0.25, -0.2) is 9.97 Å². The molecule has 3 heterocycles. The highest BCUT2D eigenvalue weighted by Crippen LogP contribution is 2.27. The van der Waals surface area contributed by atoms with E-state index in [4.69, 9.17) is 11.1 Å². The van der Waals surface area contributed by atoms with Crippen molar-refractivity contribution < 1.29 is 0 Å². The first kappa shape index (κ1) is 24.1. The van der Waals surface area contributed by atoms with E-state index < -0.39 is 0 Å². The summed E-state index contributed by atoms with van der Waals surface area (Å²) < 4.78 is 0. The molecule has 1 aromatic carbocycles. The zero-order valence-corrected chi connectivity index (χ0v) is 20.5. The van der Waals surface area contributed by atoms with Crippen molar-refractivity contribution in [1.29, 1.82) is 5.41 Å². The highest BCUT2D eigenvalue weighted by molar-refractivity contribution is 5.92. The van der Waals surface area contributed by atoms with Crippen molar-refractivity contribution >= 4 is 16.9 Å². The first-order chi connectivity index (χ1) is 16.3. The number of likely N-dealkylation sites (tertiary alicyclic amines) is 1.